The summed E-state index contributed by atoms with van der Waals surface area (Å²) in [5, 5.41) is 5.97. The summed E-state index contributed by atoms with van der Waals surface area (Å²) < 4.78 is 90.2. The minimum Gasteiger partial charge on any atom is -0.453 e. The number of benzene rings is 2. The third-order valence-electron chi connectivity index (χ3n) is 9.69. The molecule has 2 aromatic carbocycles. The number of nitrogens with one attached hydrogen (secondary N) is 2. The number of methoxy groups -OCH3 is 1. The van der Waals surface area contributed by atoms with Gasteiger partial charge in [0, 0.05) is 49.9 Å². The summed E-state index contributed by atoms with van der Waals surface area (Å²) in [6.07, 6.45) is -0.870. The van der Waals surface area contributed by atoms with Crippen LogP contribution in [0.2, 0.25) is 0 Å². The second kappa shape index (κ2) is 13.4. The van der Waals surface area contributed by atoms with Crippen molar-refractivity contribution in [3.8, 4) is 0 Å². The summed E-state index contributed by atoms with van der Waals surface area (Å²) in [5.41, 5.74) is -0.259. The summed E-state index contributed by atoms with van der Waals surface area (Å²) in [6, 6.07) is 7.94. The summed E-state index contributed by atoms with van der Waals surface area (Å²) in [6.45, 7) is 0.795. The molecule has 3 aliphatic rings. The minimum absolute atomic E-state index is 0.0669. The normalized spacial score (nSPS) is 25.8. The number of Topliss-reactive ketones (excluding diaryl/α,β-unsaturated/α-hetero) is 1. The first-order valence-corrected chi connectivity index (χ1v) is 16.9. The molecule has 246 valence electrons. The Morgan fingerprint density at radius 2 is 1.80 bits per heavy atom. The fourth-order valence-electron chi connectivity index (χ4n) is 7.19. The number of ketones is 1. The van der Waals surface area contributed by atoms with Gasteiger partial charge in [-0.25, -0.2) is 30.8 Å². The van der Waals surface area contributed by atoms with Gasteiger partial charge in [-0.15, -0.1) is 0 Å². The first-order valence-electron chi connectivity index (χ1n) is 15.3. The molecule has 2 aliphatic heterocycles. The first kappa shape index (κ1) is 33.3. The molecule has 2 aromatic rings. The number of piperazine rings is 1. The molecule has 0 spiro atoms. The zero-order valence-corrected chi connectivity index (χ0v) is 26.0. The smallest absolute Gasteiger partial charge is 0.407 e. The van der Waals surface area contributed by atoms with Crippen molar-refractivity contribution in [3.05, 3.63) is 70.8 Å². The van der Waals surface area contributed by atoms with E-state index in [9.17, 15) is 31.2 Å². The highest BCUT2D eigenvalue weighted by Gasteiger charge is 2.51. The predicted molar refractivity (Wildman–Crippen MR) is 160 cm³/mol. The number of alkyl carbamates (subject to hydrolysis) is 1. The van der Waals surface area contributed by atoms with E-state index in [1.165, 1.54) is 40.7 Å². The average Bonchev–Trinajstić information content (AvgIpc) is 3.12. The molecule has 1 aliphatic carbocycles. The number of sulfonamides is 1. The molecule has 2 unspecified atom stereocenters. The SMILES string of the molecule is COC(=O)N[C@H](C(=O)Cc1cccc(F)c1CC[C@H]1CNC2CCCS(=O)(=O)N1C2)C1(c2ccc(F)cc2)CCC(F)(F)CC1. The highest BCUT2D eigenvalue weighted by atomic mass is 32.2. The highest BCUT2D eigenvalue weighted by molar-refractivity contribution is 7.89. The molecule has 0 radical (unpaired) electrons. The molecule has 2 bridgehead atoms. The van der Waals surface area contributed by atoms with Gasteiger partial charge in [0.05, 0.1) is 12.9 Å². The van der Waals surface area contributed by atoms with Gasteiger partial charge in [0.15, 0.2) is 5.78 Å². The third-order valence-corrected chi connectivity index (χ3v) is 11.7. The Morgan fingerprint density at radius 1 is 1.09 bits per heavy atom. The largest absolute Gasteiger partial charge is 0.453 e. The number of fused-ring (bicyclic) bond motifs is 2. The van der Waals surface area contributed by atoms with Crippen LogP contribution in [-0.2, 0) is 37.8 Å². The number of hydrogen-bond acceptors (Lipinski definition) is 6. The monoisotopic (exact) mass is 653 g/mol. The second-order valence-corrected chi connectivity index (χ2v) is 14.5. The van der Waals surface area contributed by atoms with Gasteiger partial charge in [-0.1, -0.05) is 24.3 Å². The summed E-state index contributed by atoms with van der Waals surface area (Å²) in [7, 11) is -2.33. The number of carbonyl (C=O) groups is 2. The van der Waals surface area contributed by atoms with E-state index in [-0.39, 0.29) is 49.1 Å². The maximum Gasteiger partial charge on any atom is 0.407 e. The Kier molecular flexibility index (Phi) is 9.90. The number of hydrogen-bond donors (Lipinski definition) is 2. The topological polar surface area (TPSA) is 105 Å². The highest BCUT2D eigenvalue weighted by Crippen LogP contribution is 2.48. The summed E-state index contributed by atoms with van der Waals surface area (Å²) in [4.78, 5) is 26.7. The number of rotatable bonds is 9. The molecule has 0 aromatic heterocycles. The Balaban J connectivity index is 1.43. The number of halogens is 4. The van der Waals surface area contributed by atoms with E-state index in [4.69, 9.17) is 4.74 Å². The molecule has 13 heteroatoms. The van der Waals surface area contributed by atoms with E-state index in [1.807, 2.05) is 0 Å². The molecule has 8 nitrogen and oxygen atoms in total. The van der Waals surface area contributed by atoms with Gasteiger partial charge in [-0.2, -0.15) is 4.31 Å². The van der Waals surface area contributed by atoms with E-state index in [2.05, 4.69) is 10.6 Å². The minimum atomic E-state index is -3.45. The van der Waals surface area contributed by atoms with Crippen molar-refractivity contribution in [2.75, 3.05) is 26.0 Å². The second-order valence-electron chi connectivity index (χ2n) is 12.4. The Morgan fingerprint density at radius 3 is 2.49 bits per heavy atom. The van der Waals surface area contributed by atoms with Crippen LogP contribution in [-0.4, -0.2) is 74.6 Å². The maximum absolute atomic E-state index is 15.3. The summed E-state index contributed by atoms with van der Waals surface area (Å²) in [5.74, 6) is -4.53. The van der Waals surface area contributed by atoms with Crippen molar-refractivity contribution in [2.45, 2.75) is 87.3 Å². The third kappa shape index (κ3) is 7.36. The van der Waals surface area contributed by atoms with Crippen LogP contribution in [0.5, 0.6) is 0 Å². The summed E-state index contributed by atoms with van der Waals surface area (Å²) >= 11 is 0. The van der Waals surface area contributed by atoms with Gasteiger partial charge < -0.3 is 15.4 Å². The zero-order valence-electron chi connectivity index (χ0n) is 25.2. The molecular weight excluding hydrogens is 614 g/mol. The number of amides is 1. The van der Waals surface area contributed by atoms with Gasteiger partial charge >= 0.3 is 6.09 Å². The quantitative estimate of drug-likeness (QED) is 0.382. The van der Waals surface area contributed by atoms with Crippen molar-refractivity contribution in [2.24, 2.45) is 0 Å². The Hall–Kier alpha value is -3.03. The van der Waals surface area contributed by atoms with Crippen molar-refractivity contribution >= 4 is 21.9 Å². The van der Waals surface area contributed by atoms with Crippen LogP contribution in [0, 0.1) is 11.6 Å². The standard InChI is InChI=1S/C32H39F4N3O5S/c1-44-30(41)38-29(31(13-15-32(35,36)16-14-31)22-7-9-23(33)10-8-22)28(40)18-21-4-2-6-27(34)26(21)12-11-25-19-37-24-5-3-17-45(42,43)39(25)20-24/h2,4,6-10,24-25,29,37H,3,5,11-20H2,1H3,(H,38,41)/t24?,25-,29+/m0/s1. The lowest BCUT2D eigenvalue weighted by atomic mass is 9.62. The fraction of sp³-hybridized carbons (Fsp3) is 0.562. The lowest BCUT2D eigenvalue weighted by molar-refractivity contribution is -0.124. The van der Waals surface area contributed by atoms with Crippen LogP contribution in [0.15, 0.2) is 42.5 Å². The first-order chi connectivity index (χ1) is 21.3. The Labute approximate surface area is 260 Å². The number of alkyl halides is 2. The zero-order chi connectivity index (χ0) is 32.4. The lowest BCUT2D eigenvalue weighted by Crippen LogP contribution is -2.57. The van der Waals surface area contributed by atoms with E-state index in [1.54, 1.807) is 6.07 Å². The van der Waals surface area contributed by atoms with Crippen molar-refractivity contribution in [3.63, 3.8) is 0 Å². The van der Waals surface area contributed by atoms with Crippen molar-refractivity contribution < 1.29 is 40.3 Å². The van der Waals surface area contributed by atoms with Crippen LogP contribution in [0.3, 0.4) is 0 Å². The average molecular weight is 654 g/mol. The Bertz CT molecular complexity index is 1490. The predicted octanol–water partition coefficient (Wildman–Crippen LogP) is 4.65. The van der Waals surface area contributed by atoms with E-state index in [0.29, 0.717) is 37.1 Å². The molecule has 2 N–H and O–H groups in total. The molecule has 2 saturated heterocycles. The molecule has 45 heavy (non-hydrogen) atoms. The molecule has 5 rings (SSSR count). The van der Waals surface area contributed by atoms with Crippen molar-refractivity contribution in [1.82, 2.24) is 14.9 Å². The van der Waals surface area contributed by atoms with E-state index < -0.39 is 63.8 Å². The van der Waals surface area contributed by atoms with Crippen LogP contribution in [0.1, 0.15) is 61.6 Å². The lowest BCUT2D eigenvalue weighted by Gasteiger charge is -2.45. The van der Waals surface area contributed by atoms with Crippen LogP contribution in [0.4, 0.5) is 22.4 Å². The van der Waals surface area contributed by atoms with E-state index in [0.717, 1.165) is 13.5 Å². The molecule has 3 fully saturated rings. The maximum atomic E-state index is 15.3. The van der Waals surface area contributed by atoms with E-state index >= 15 is 4.39 Å². The van der Waals surface area contributed by atoms with Gasteiger partial charge in [-0.05, 0) is 73.4 Å². The number of ether oxygens (including phenoxy) is 1. The van der Waals surface area contributed by atoms with Crippen LogP contribution in [0.25, 0.3) is 0 Å². The van der Waals surface area contributed by atoms with Crippen LogP contribution >= 0.6 is 0 Å². The number of nitrogens with zero attached hydrogens (tertiary/aromatic N) is 1. The molecule has 2 heterocycles. The molecule has 4 atom stereocenters. The van der Waals surface area contributed by atoms with Crippen molar-refractivity contribution in [1.29, 1.82) is 0 Å². The van der Waals surface area contributed by atoms with Gasteiger partial charge in [0.25, 0.3) is 0 Å². The van der Waals surface area contributed by atoms with Crippen LogP contribution < -0.4 is 10.6 Å². The fourth-order valence-corrected chi connectivity index (χ4v) is 8.99. The van der Waals surface area contributed by atoms with Gasteiger partial charge in [0.1, 0.15) is 17.7 Å². The molecule has 1 saturated carbocycles. The molecular formula is C32H39F4N3O5S. The number of carbonyl (C=O) groups excluding carboxylic acids is 2. The van der Waals surface area contributed by atoms with Gasteiger partial charge in [-0.3, -0.25) is 4.79 Å². The van der Waals surface area contributed by atoms with Gasteiger partial charge in [0.2, 0.25) is 15.9 Å². The molecule has 1 amide bonds.